The fourth-order valence-electron chi connectivity index (χ4n) is 3.79. The second-order valence-electron chi connectivity index (χ2n) is 7.15. The number of hydrogen-bond donors (Lipinski definition) is 0. The van der Waals surface area contributed by atoms with Gasteiger partial charge in [0.1, 0.15) is 11.6 Å². The lowest BCUT2D eigenvalue weighted by atomic mass is 9.97. The van der Waals surface area contributed by atoms with Gasteiger partial charge in [0.15, 0.2) is 0 Å². The van der Waals surface area contributed by atoms with E-state index in [2.05, 4.69) is 10.0 Å². The number of benzene rings is 2. The van der Waals surface area contributed by atoms with E-state index in [1.165, 1.54) is 17.1 Å². The maximum Gasteiger partial charge on any atom is 0.257 e. The monoisotopic (exact) mass is 397 g/mol. The summed E-state index contributed by atoms with van der Waals surface area (Å²) in [7, 11) is 1.61. The maximum absolute atomic E-state index is 13.8. The van der Waals surface area contributed by atoms with Crippen LogP contribution in [-0.4, -0.2) is 61.5 Å². The molecule has 2 aromatic rings. The van der Waals surface area contributed by atoms with Crippen LogP contribution >= 0.6 is 0 Å². The fraction of sp³-hybridized carbons (Fsp3) is 0.364. The molecule has 1 fully saturated rings. The first-order chi connectivity index (χ1) is 14.2. The van der Waals surface area contributed by atoms with Crippen LogP contribution in [0.15, 0.2) is 53.6 Å². The number of halogens is 1. The summed E-state index contributed by atoms with van der Waals surface area (Å²) >= 11 is 0. The van der Waals surface area contributed by atoms with Gasteiger partial charge in [0.2, 0.25) is 0 Å². The van der Waals surface area contributed by atoms with E-state index in [0.29, 0.717) is 36.7 Å². The van der Waals surface area contributed by atoms with Crippen LogP contribution in [-0.2, 0) is 9.53 Å². The standard InChI is InChI=1S/C22H24FN3O3/c1-28-21-8-3-2-7-18(21)20-14-19(16-5-4-6-17(23)13-16)24-26(20)22(27)15-25-9-11-29-12-10-25/h2-8,13,20H,9-12,14-15H2,1H3/t20-/m1/s1. The van der Waals surface area contributed by atoms with Crippen molar-refractivity contribution in [3.63, 3.8) is 0 Å². The first-order valence-electron chi connectivity index (χ1n) is 9.74. The third-order valence-corrected chi connectivity index (χ3v) is 5.28. The van der Waals surface area contributed by atoms with Crippen LogP contribution in [0.4, 0.5) is 4.39 Å². The number of methoxy groups -OCH3 is 1. The Bertz CT molecular complexity index is 912. The number of hydrazone groups is 1. The molecule has 2 aliphatic rings. The Morgan fingerprint density at radius 3 is 2.76 bits per heavy atom. The summed E-state index contributed by atoms with van der Waals surface area (Å²) in [6.07, 6.45) is 0.499. The molecular weight excluding hydrogens is 373 g/mol. The normalized spacial score (nSPS) is 19.9. The minimum absolute atomic E-state index is 0.0887. The van der Waals surface area contributed by atoms with Gasteiger partial charge in [-0.15, -0.1) is 0 Å². The molecule has 29 heavy (non-hydrogen) atoms. The van der Waals surface area contributed by atoms with Crippen LogP contribution in [0, 0.1) is 5.82 Å². The second kappa shape index (κ2) is 8.71. The van der Waals surface area contributed by atoms with Gasteiger partial charge in [-0.2, -0.15) is 5.10 Å². The Balaban J connectivity index is 1.64. The van der Waals surface area contributed by atoms with Crippen LogP contribution in [0.3, 0.4) is 0 Å². The van der Waals surface area contributed by atoms with Gasteiger partial charge in [0.05, 0.1) is 38.6 Å². The van der Waals surface area contributed by atoms with Gasteiger partial charge in [0.25, 0.3) is 5.91 Å². The molecule has 0 bridgehead atoms. The molecular formula is C22H24FN3O3. The van der Waals surface area contributed by atoms with E-state index >= 15 is 0 Å². The van der Waals surface area contributed by atoms with E-state index in [-0.39, 0.29) is 24.3 Å². The van der Waals surface area contributed by atoms with Gasteiger partial charge in [-0.3, -0.25) is 9.69 Å². The highest BCUT2D eigenvalue weighted by Crippen LogP contribution is 2.37. The van der Waals surface area contributed by atoms with E-state index in [4.69, 9.17) is 9.47 Å². The molecule has 1 amide bonds. The highest BCUT2D eigenvalue weighted by Gasteiger charge is 2.35. The first-order valence-corrected chi connectivity index (χ1v) is 9.74. The van der Waals surface area contributed by atoms with Crippen molar-refractivity contribution >= 4 is 11.6 Å². The third kappa shape index (κ3) is 4.31. The van der Waals surface area contributed by atoms with Crippen molar-refractivity contribution in [2.24, 2.45) is 5.10 Å². The molecule has 152 valence electrons. The Hall–Kier alpha value is -2.77. The lowest BCUT2D eigenvalue weighted by molar-refractivity contribution is -0.135. The molecule has 0 aromatic heterocycles. The van der Waals surface area contributed by atoms with Gasteiger partial charge in [-0.1, -0.05) is 30.3 Å². The summed E-state index contributed by atoms with van der Waals surface area (Å²) in [6, 6.07) is 13.7. The Kier molecular flexibility index (Phi) is 5.87. The zero-order chi connectivity index (χ0) is 20.2. The molecule has 1 saturated heterocycles. The van der Waals surface area contributed by atoms with Gasteiger partial charge < -0.3 is 9.47 Å². The van der Waals surface area contributed by atoms with Crippen LogP contribution in [0.25, 0.3) is 0 Å². The van der Waals surface area contributed by atoms with Crippen LogP contribution in [0.1, 0.15) is 23.6 Å². The molecule has 2 aromatic carbocycles. The highest BCUT2D eigenvalue weighted by atomic mass is 19.1. The van der Waals surface area contributed by atoms with E-state index in [0.717, 1.165) is 18.7 Å². The molecule has 1 atom stereocenters. The number of nitrogens with zero attached hydrogens (tertiary/aromatic N) is 3. The summed E-state index contributed by atoms with van der Waals surface area (Å²) in [5.41, 5.74) is 2.27. The largest absolute Gasteiger partial charge is 0.496 e. The molecule has 6 nitrogen and oxygen atoms in total. The van der Waals surface area contributed by atoms with Gasteiger partial charge >= 0.3 is 0 Å². The number of amides is 1. The predicted octanol–water partition coefficient (Wildman–Crippen LogP) is 2.84. The zero-order valence-corrected chi connectivity index (χ0v) is 16.4. The lowest BCUT2D eigenvalue weighted by Crippen LogP contribution is -2.43. The second-order valence-corrected chi connectivity index (χ2v) is 7.15. The molecule has 7 heteroatoms. The fourth-order valence-corrected chi connectivity index (χ4v) is 3.79. The zero-order valence-electron chi connectivity index (χ0n) is 16.4. The van der Waals surface area contributed by atoms with Crippen molar-refractivity contribution in [3.05, 3.63) is 65.5 Å². The van der Waals surface area contributed by atoms with Crippen molar-refractivity contribution in [1.82, 2.24) is 9.91 Å². The summed E-state index contributed by atoms with van der Waals surface area (Å²) in [6.45, 7) is 2.97. The number of ether oxygens (including phenoxy) is 2. The number of para-hydroxylation sites is 1. The van der Waals surface area contributed by atoms with Gasteiger partial charge in [-0.05, 0) is 18.2 Å². The molecule has 0 aliphatic carbocycles. The minimum Gasteiger partial charge on any atom is -0.496 e. The summed E-state index contributed by atoms with van der Waals surface area (Å²) in [5.74, 6) is 0.295. The van der Waals surface area contributed by atoms with Crippen LogP contribution in [0.2, 0.25) is 0 Å². The molecule has 0 N–H and O–H groups in total. The summed E-state index contributed by atoms with van der Waals surface area (Å²) in [4.78, 5) is 15.2. The average Bonchev–Trinajstić information content (AvgIpc) is 3.20. The number of hydrogen-bond acceptors (Lipinski definition) is 5. The molecule has 0 saturated carbocycles. The van der Waals surface area contributed by atoms with E-state index in [1.807, 2.05) is 30.3 Å². The topological polar surface area (TPSA) is 54.4 Å². The van der Waals surface area contributed by atoms with Gasteiger partial charge in [-0.25, -0.2) is 9.40 Å². The highest BCUT2D eigenvalue weighted by molar-refractivity contribution is 6.03. The molecule has 2 aliphatic heterocycles. The van der Waals surface area contributed by atoms with Gasteiger partial charge in [0, 0.05) is 30.6 Å². The Morgan fingerprint density at radius 1 is 1.21 bits per heavy atom. The molecule has 2 heterocycles. The van der Waals surface area contributed by atoms with E-state index < -0.39 is 0 Å². The number of rotatable bonds is 5. The van der Waals surface area contributed by atoms with Crippen LogP contribution in [0.5, 0.6) is 5.75 Å². The molecule has 0 radical (unpaired) electrons. The SMILES string of the molecule is COc1ccccc1[C@H]1CC(c2cccc(F)c2)=NN1C(=O)CN1CCOCC1. The van der Waals surface area contributed by atoms with E-state index in [9.17, 15) is 9.18 Å². The minimum atomic E-state index is -0.322. The average molecular weight is 397 g/mol. The van der Waals surface area contributed by atoms with Crippen molar-refractivity contribution in [2.45, 2.75) is 12.5 Å². The van der Waals surface area contributed by atoms with Crippen molar-refractivity contribution < 1.29 is 18.7 Å². The van der Waals surface area contributed by atoms with Crippen molar-refractivity contribution in [1.29, 1.82) is 0 Å². The Labute approximate surface area is 169 Å². The Morgan fingerprint density at radius 2 is 2.00 bits per heavy atom. The van der Waals surface area contributed by atoms with Crippen LogP contribution < -0.4 is 4.74 Å². The predicted molar refractivity (Wildman–Crippen MR) is 107 cm³/mol. The maximum atomic E-state index is 13.8. The number of carbonyl (C=O) groups excluding carboxylic acids is 1. The summed E-state index contributed by atoms with van der Waals surface area (Å²) < 4.78 is 24.6. The van der Waals surface area contributed by atoms with E-state index in [1.54, 1.807) is 13.2 Å². The number of morpholine rings is 1. The first kappa shape index (κ1) is 19.5. The third-order valence-electron chi connectivity index (χ3n) is 5.28. The van der Waals surface area contributed by atoms with Crippen molar-refractivity contribution in [2.75, 3.05) is 40.0 Å². The molecule has 0 unspecified atom stereocenters. The molecule has 0 spiro atoms. The van der Waals surface area contributed by atoms with Crippen molar-refractivity contribution in [3.8, 4) is 5.75 Å². The quantitative estimate of drug-likeness (QED) is 0.779. The smallest absolute Gasteiger partial charge is 0.257 e. The molecule has 4 rings (SSSR count). The lowest BCUT2D eigenvalue weighted by Gasteiger charge is -2.29. The number of carbonyl (C=O) groups is 1. The summed E-state index contributed by atoms with van der Waals surface area (Å²) in [5, 5.41) is 6.15.